The molecule has 2 rings (SSSR count). The smallest absolute Gasteiger partial charge is 0.130 e. The lowest BCUT2D eigenvalue weighted by Crippen LogP contribution is -2.31. The van der Waals surface area contributed by atoms with E-state index in [0.717, 1.165) is 35.3 Å². The van der Waals surface area contributed by atoms with Gasteiger partial charge in [0.15, 0.2) is 0 Å². The van der Waals surface area contributed by atoms with Crippen molar-refractivity contribution in [2.75, 3.05) is 6.54 Å². The minimum Gasteiger partial charge on any atom is -0.488 e. The predicted octanol–water partition coefficient (Wildman–Crippen LogP) is 3.09. The van der Waals surface area contributed by atoms with Gasteiger partial charge in [-0.25, -0.2) is 4.39 Å². The number of hydrogen-bond acceptors (Lipinski definition) is 3. The van der Waals surface area contributed by atoms with E-state index in [2.05, 4.69) is 0 Å². The van der Waals surface area contributed by atoms with E-state index in [9.17, 15) is 4.39 Å². The first-order valence-corrected chi connectivity index (χ1v) is 6.72. The zero-order valence-corrected chi connectivity index (χ0v) is 11.5. The Kier molecular flexibility index (Phi) is 4.69. The molecule has 0 fully saturated rings. The van der Waals surface area contributed by atoms with Crippen molar-refractivity contribution in [3.8, 4) is 5.75 Å². The molecule has 0 unspecified atom stereocenters. The highest BCUT2D eigenvalue weighted by Crippen LogP contribution is 2.36. The van der Waals surface area contributed by atoms with Gasteiger partial charge in [0.2, 0.25) is 0 Å². The number of rotatable bonds is 4. The molecule has 1 aromatic carbocycles. The Hall–Kier alpha value is -1.94. The lowest BCUT2D eigenvalue weighted by molar-refractivity contribution is 0.180. The molecule has 3 N–H and O–H groups in total. The molecule has 0 aliphatic carbocycles. The molecular formula is C16H19FN2O. The zero-order chi connectivity index (χ0) is 14.5. The number of benzene rings is 1. The topological polar surface area (TPSA) is 59.1 Å². The highest BCUT2D eigenvalue weighted by Gasteiger charge is 2.23. The van der Waals surface area contributed by atoms with Gasteiger partial charge in [-0.1, -0.05) is 12.2 Å². The highest BCUT2D eigenvalue weighted by atomic mass is 19.1. The molecule has 0 saturated carbocycles. The third kappa shape index (κ3) is 2.96. The van der Waals surface area contributed by atoms with Gasteiger partial charge < -0.3 is 15.9 Å². The Balaban J connectivity index is 2.49. The van der Waals surface area contributed by atoms with Gasteiger partial charge in [-0.2, -0.15) is 0 Å². The fourth-order valence-electron chi connectivity index (χ4n) is 2.39. The van der Waals surface area contributed by atoms with E-state index < -0.39 is 0 Å². The van der Waals surface area contributed by atoms with Crippen molar-refractivity contribution in [1.82, 2.24) is 0 Å². The van der Waals surface area contributed by atoms with Crippen LogP contribution < -0.4 is 10.5 Å². The van der Waals surface area contributed by atoms with Gasteiger partial charge in [-0.15, -0.1) is 0 Å². The number of halogens is 1. The summed E-state index contributed by atoms with van der Waals surface area (Å²) in [4.78, 5) is 0. The summed E-state index contributed by atoms with van der Waals surface area (Å²) in [5, 5.41) is 7.06. The van der Waals surface area contributed by atoms with Crippen molar-refractivity contribution in [2.24, 2.45) is 5.73 Å². The molecule has 0 amide bonds. The second kappa shape index (κ2) is 6.48. The van der Waals surface area contributed by atoms with Gasteiger partial charge in [-0.3, -0.25) is 0 Å². The van der Waals surface area contributed by atoms with Gasteiger partial charge in [0.1, 0.15) is 17.7 Å². The maximum absolute atomic E-state index is 13.8. The van der Waals surface area contributed by atoms with Gasteiger partial charge in [-0.05, 0) is 49.1 Å². The summed E-state index contributed by atoms with van der Waals surface area (Å²) in [7, 11) is 0. The molecular weight excluding hydrogens is 255 g/mol. The summed E-state index contributed by atoms with van der Waals surface area (Å²) in [6.45, 7) is 2.34. The SMILES string of the molecule is C/C=C(\C=C/C=N)c1cc(F)cc2c1O[C@@H](CN)CC2. The van der Waals surface area contributed by atoms with Crippen molar-refractivity contribution in [2.45, 2.75) is 25.9 Å². The fraction of sp³-hybridized carbons (Fsp3) is 0.312. The van der Waals surface area contributed by atoms with Crippen molar-refractivity contribution >= 4 is 11.8 Å². The van der Waals surface area contributed by atoms with Crippen LogP contribution in [0, 0.1) is 11.2 Å². The molecule has 1 heterocycles. The molecule has 3 nitrogen and oxygen atoms in total. The van der Waals surface area contributed by atoms with E-state index in [0.29, 0.717) is 6.54 Å². The lowest BCUT2D eigenvalue weighted by Gasteiger charge is -2.27. The number of ether oxygens (including phenoxy) is 1. The maximum Gasteiger partial charge on any atom is 0.130 e. The standard InChI is InChI=1S/C16H19FN2O/c1-2-11(4-3-7-18)15-9-13(17)8-12-5-6-14(10-19)20-16(12)15/h2-4,7-9,14,18H,5-6,10,19H2,1H3/b4-3-,11-2+,18-7?/t14-/m1/s1. The number of hydrogen-bond donors (Lipinski definition) is 2. The van der Waals surface area contributed by atoms with Crippen LogP contribution in [0.3, 0.4) is 0 Å². The van der Waals surface area contributed by atoms with Crippen LogP contribution in [0.4, 0.5) is 4.39 Å². The molecule has 1 aromatic rings. The fourth-order valence-corrected chi connectivity index (χ4v) is 2.39. The summed E-state index contributed by atoms with van der Waals surface area (Å²) in [6.07, 6.45) is 8.02. The second-order valence-electron chi connectivity index (χ2n) is 4.73. The minimum absolute atomic E-state index is 0.0171. The Morgan fingerprint density at radius 1 is 1.55 bits per heavy atom. The van der Waals surface area contributed by atoms with Crippen LogP contribution in [-0.2, 0) is 6.42 Å². The number of allylic oxidation sites excluding steroid dienone is 4. The van der Waals surface area contributed by atoms with Gasteiger partial charge in [0.05, 0.1) is 0 Å². The summed E-state index contributed by atoms with van der Waals surface area (Å²) in [5.41, 5.74) is 8.11. The van der Waals surface area contributed by atoms with Crippen molar-refractivity contribution in [1.29, 1.82) is 5.41 Å². The molecule has 1 aliphatic rings. The lowest BCUT2D eigenvalue weighted by atomic mass is 9.95. The Morgan fingerprint density at radius 3 is 3.00 bits per heavy atom. The number of nitrogens with two attached hydrogens (primary N) is 1. The van der Waals surface area contributed by atoms with E-state index in [-0.39, 0.29) is 11.9 Å². The Bertz CT molecular complexity index is 564. The largest absolute Gasteiger partial charge is 0.488 e. The number of nitrogens with one attached hydrogen (secondary N) is 1. The zero-order valence-electron chi connectivity index (χ0n) is 11.5. The van der Waals surface area contributed by atoms with Crippen LogP contribution in [0.5, 0.6) is 5.75 Å². The molecule has 0 saturated heterocycles. The molecule has 0 bridgehead atoms. The summed E-state index contributed by atoms with van der Waals surface area (Å²) in [6, 6.07) is 3.00. The second-order valence-corrected chi connectivity index (χ2v) is 4.73. The molecule has 106 valence electrons. The molecule has 1 atom stereocenters. The van der Waals surface area contributed by atoms with Crippen molar-refractivity contribution in [3.63, 3.8) is 0 Å². The van der Waals surface area contributed by atoms with Crippen LogP contribution in [0.1, 0.15) is 24.5 Å². The van der Waals surface area contributed by atoms with Crippen molar-refractivity contribution in [3.05, 3.63) is 47.3 Å². The Labute approximate surface area is 118 Å². The van der Waals surface area contributed by atoms with E-state index in [1.54, 1.807) is 12.2 Å². The molecule has 4 heteroatoms. The first-order chi connectivity index (χ1) is 9.69. The monoisotopic (exact) mass is 274 g/mol. The Morgan fingerprint density at radius 2 is 2.35 bits per heavy atom. The third-order valence-electron chi connectivity index (χ3n) is 3.41. The molecule has 0 spiro atoms. The maximum atomic E-state index is 13.8. The van der Waals surface area contributed by atoms with Crippen LogP contribution in [0.25, 0.3) is 5.57 Å². The molecule has 20 heavy (non-hydrogen) atoms. The van der Waals surface area contributed by atoms with E-state index >= 15 is 0 Å². The quantitative estimate of drug-likeness (QED) is 0.654. The third-order valence-corrected chi connectivity index (χ3v) is 3.41. The number of aryl methyl sites for hydroxylation is 1. The van der Waals surface area contributed by atoms with Crippen LogP contribution in [0.2, 0.25) is 0 Å². The van der Waals surface area contributed by atoms with Gasteiger partial charge in [0, 0.05) is 18.3 Å². The van der Waals surface area contributed by atoms with Crippen LogP contribution in [-0.4, -0.2) is 18.9 Å². The summed E-state index contributed by atoms with van der Waals surface area (Å²) in [5.74, 6) is 0.451. The van der Waals surface area contributed by atoms with Gasteiger partial charge in [0.25, 0.3) is 0 Å². The minimum atomic E-state index is -0.267. The van der Waals surface area contributed by atoms with Crippen molar-refractivity contribution < 1.29 is 9.13 Å². The average Bonchev–Trinajstić information content (AvgIpc) is 2.47. The first-order valence-electron chi connectivity index (χ1n) is 6.72. The first kappa shape index (κ1) is 14.5. The molecule has 1 aliphatic heterocycles. The predicted molar refractivity (Wildman–Crippen MR) is 79.8 cm³/mol. The van der Waals surface area contributed by atoms with E-state index in [4.69, 9.17) is 15.9 Å². The van der Waals surface area contributed by atoms with Crippen LogP contribution in [0.15, 0.2) is 30.4 Å². The normalized spacial score (nSPS) is 18.8. The summed E-state index contributed by atoms with van der Waals surface area (Å²) >= 11 is 0. The number of fused-ring (bicyclic) bond motifs is 1. The highest BCUT2D eigenvalue weighted by molar-refractivity contribution is 5.83. The van der Waals surface area contributed by atoms with Crippen LogP contribution >= 0.6 is 0 Å². The van der Waals surface area contributed by atoms with E-state index in [1.807, 2.05) is 13.0 Å². The summed E-state index contributed by atoms with van der Waals surface area (Å²) < 4.78 is 19.7. The van der Waals surface area contributed by atoms with E-state index in [1.165, 1.54) is 18.3 Å². The molecule has 0 aromatic heterocycles. The van der Waals surface area contributed by atoms with Gasteiger partial charge >= 0.3 is 0 Å². The average molecular weight is 274 g/mol. The molecule has 0 radical (unpaired) electrons.